The van der Waals surface area contributed by atoms with Gasteiger partial charge in [-0.15, -0.1) is 11.6 Å². The number of hydrogen-bond acceptors (Lipinski definition) is 2. The van der Waals surface area contributed by atoms with E-state index in [1.807, 2.05) is 18.2 Å². The van der Waals surface area contributed by atoms with Gasteiger partial charge < -0.3 is 9.47 Å². The van der Waals surface area contributed by atoms with Crippen LogP contribution in [0.5, 0.6) is 0 Å². The molecule has 0 aliphatic heterocycles. The van der Waals surface area contributed by atoms with Crippen molar-refractivity contribution in [1.82, 2.24) is 0 Å². The van der Waals surface area contributed by atoms with Gasteiger partial charge in [-0.25, -0.2) is 0 Å². The van der Waals surface area contributed by atoms with E-state index in [2.05, 4.69) is 13.0 Å². The molecule has 4 heteroatoms. The fourth-order valence-corrected chi connectivity index (χ4v) is 7.07. The van der Waals surface area contributed by atoms with Gasteiger partial charge in [-0.05, 0) is 49.9 Å². The zero-order chi connectivity index (χ0) is 17.2. The number of benzene rings is 1. The molecule has 2 radical (unpaired) electrons. The fraction of sp³-hybridized carbons (Fsp3) is 0.700. The summed E-state index contributed by atoms with van der Waals surface area (Å²) in [5.74, 6) is 1.02. The maximum absolute atomic E-state index is 6.96. The zero-order valence-corrected chi connectivity index (χ0v) is 15.6. The Labute approximate surface area is 151 Å². The molecule has 24 heavy (non-hydrogen) atoms. The average molecular weight is 345 g/mol. The molecule has 128 valence electrons. The Morgan fingerprint density at radius 2 is 1.75 bits per heavy atom. The monoisotopic (exact) mass is 344 g/mol. The standard InChI is InChI=1S/C20H26BClO2/c1-18(15-7-13-8-16(18)12-19(22,10-13)11-15)20(23-2,24-3)14-5-4-6-17(21)9-14/h4-6,9,13,15-16H,7-8,10-12H2,1-3H3. The summed E-state index contributed by atoms with van der Waals surface area (Å²) < 4.78 is 12.3. The lowest BCUT2D eigenvalue weighted by molar-refractivity contribution is -0.334. The molecule has 0 aromatic heterocycles. The lowest BCUT2D eigenvalue weighted by atomic mass is 9.43. The van der Waals surface area contributed by atoms with E-state index in [-0.39, 0.29) is 10.3 Å². The fourth-order valence-electron chi connectivity index (χ4n) is 6.48. The molecule has 2 atom stereocenters. The highest BCUT2D eigenvalue weighted by molar-refractivity contribution is 6.32. The summed E-state index contributed by atoms with van der Waals surface area (Å²) in [7, 11) is 9.60. The molecule has 0 saturated heterocycles. The normalized spacial score (nSPS) is 40.9. The molecule has 4 bridgehead atoms. The van der Waals surface area contributed by atoms with Gasteiger partial charge in [0.1, 0.15) is 7.85 Å². The Balaban J connectivity index is 1.84. The third kappa shape index (κ3) is 2.10. The number of methoxy groups -OCH3 is 2. The Morgan fingerprint density at radius 1 is 1.12 bits per heavy atom. The summed E-state index contributed by atoms with van der Waals surface area (Å²) in [6.45, 7) is 2.36. The second kappa shape index (κ2) is 5.49. The van der Waals surface area contributed by atoms with Crippen LogP contribution in [0.4, 0.5) is 0 Å². The van der Waals surface area contributed by atoms with E-state index in [9.17, 15) is 0 Å². The molecule has 4 saturated carbocycles. The summed E-state index contributed by atoms with van der Waals surface area (Å²) in [4.78, 5) is -0.00104. The van der Waals surface area contributed by atoms with Crippen LogP contribution in [-0.4, -0.2) is 26.9 Å². The predicted molar refractivity (Wildman–Crippen MR) is 97.8 cm³/mol. The van der Waals surface area contributed by atoms with Crippen molar-refractivity contribution in [3.8, 4) is 0 Å². The second-order valence-electron chi connectivity index (χ2n) is 8.43. The smallest absolute Gasteiger partial charge is 0.200 e. The van der Waals surface area contributed by atoms with Crippen molar-refractivity contribution in [1.29, 1.82) is 0 Å². The highest BCUT2D eigenvalue weighted by atomic mass is 35.5. The molecule has 2 nitrogen and oxygen atoms in total. The molecule has 4 aliphatic carbocycles. The van der Waals surface area contributed by atoms with E-state index in [0.29, 0.717) is 11.8 Å². The van der Waals surface area contributed by atoms with Crippen molar-refractivity contribution in [2.45, 2.75) is 49.7 Å². The molecule has 5 rings (SSSR count). The molecule has 1 aromatic rings. The van der Waals surface area contributed by atoms with Gasteiger partial charge in [0.2, 0.25) is 0 Å². The lowest BCUT2D eigenvalue weighted by Crippen LogP contribution is -2.65. The molecule has 4 fully saturated rings. The third-order valence-corrected chi connectivity index (χ3v) is 7.82. The largest absolute Gasteiger partial charge is 0.349 e. The molecular weight excluding hydrogens is 318 g/mol. The SMILES string of the molecule is [B]c1cccc(C(OC)(OC)C2(C)C3CC4CC2CC(Cl)(C4)C3)c1. The van der Waals surface area contributed by atoms with Crippen LogP contribution in [0.2, 0.25) is 0 Å². The average Bonchev–Trinajstić information content (AvgIpc) is 2.53. The van der Waals surface area contributed by atoms with E-state index in [1.165, 1.54) is 19.3 Å². The van der Waals surface area contributed by atoms with E-state index >= 15 is 0 Å². The van der Waals surface area contributed by atoms with Crippen molar-refractivity contribution >= 4 is 24.9 Å². The van der Waals surface area contributed by atoms with Crippen LogP contribution < -0.4 is 5.46 Å². The minimum Gasteiger partial charge on any atom is -0.349 e. The maximum Gasteiger partial charge on any atom is 0.200 e. The number of ether oxygens (including phenoxy) is 2. The molecule has 0 spiro atoms. The van der Waals surface area contributed by atoms with Crippen molar-refractivity contribution < 1.29 is 9.47 Å². The van der Waals surface area contributed by atoms with Gasteiger partial charge in [0.15, 0.2) is 5.79 Å². The van der Waals surface area contributed by atoms with E-state index in [0.717, 1.165) is 29.8 Å². The van der Waals surface area contributed by atoms with E-state index in [1.54, 1.807) is 14.2 Å². The first kappa shape index (κ1) is 16.9. The Hall–Kier alpha value is -0.505. The first-order valence-corrected chi connectivity index (χ1v) is 9.40. The molecule has 0 amide bonds. The van der Waals surface area contributed by atoms with Crippen LogP contribution in [0.3, 0.4) is 0 Å². The van der Waals surface area contributed by atoms with Crippen LogP contribution in [0.25, 0.3) is 0 Å². The van der Waals surface area contributed by atoms with Crippen molar-refractivity contribution in [3.05, 3.63) is 29.8 Å². The first-order chi connectivity index (χ1) is 11.4. The number of hydrogen-bond donors (Lipinski definition) is 0. The molecule has 1 aromatic carbocycles. The minimum atomic E-state index is -0.780. The predicted octanol–water partition coefficient (Wildman–Crippen LogP) is 3.75. The molecule has 0 N–H and O–H groups in total. The van der Waals surface area contributed by atoms with Crippen LogP contribution in [0, 0.1) is 23.2 Å². The minimum absolute atomic E-state index is 0.00104. The van der Waals surface area contributed by atoms with Crippen molar-refractivity contribution in [2.75, 3.05) is 14.2 Å². The van der Waals surface area contributed by atoms with E-state index in [4.69, 9.17) is 28.9 Å². The van der Waals surface area contributed by atoms with Crippen LogP contribution >= 0.6 is 11.6 Å². The molecule has 0 heterocycles. The lowest BCUT2D eigenvalue weighted by Gasteiger charge is -2.67. The van der Waals surface area contributed by atoms with Gasteiger partial charge in [0.05, 0.1) is 0 Å². The van der Waals surface area contributed by atoms with Gasteiger partial charge in [-0.1, -0.05) is 36.7 Å². The molecular formula is C20H26BClO2. The number of rotatable bonds is 4. The van der Waals surface area contributed by atoms with Crippen molar-refractivity contribution in [2.24, 2.45) is 23.2 Å². The maximum atomic E-state index is 6.96. The van der Waals surface area contributed by atoms with Gasteiger partial charge >= 0.3 is 0 Å². The van der Waals surface area contributed by atoms with Gasteiger partial charge in [-0.3, -0.25) is 0 Å². The van der Waals surface area contributed by atoms with Crippen LogP contribution in [-0.2, 0) is 15.3 Å². The quantitative estimate of drug-likeness (QED) is 0.470. The molecule has 2 unspecified atom stereocenters. The second-order valence-corrected chi connectivity index (χ2v) is 9.23. The van der Waals surface area contributed by atoms with Gasteiger partial charge in [0, 0.05) is 30.1 Å². The van der Waals surface area contributed by atoms with E-state index < -0.39 is 5.79 Å². The summed E-state index contributed by atoms with van der Waals surface area (Å²) in [5, 5.41) is 0. The highest BCUT2D eigenvalue weighted by Gasteiger charge is 2.67. The number of alkyl halides is 1. The Kier molecular flexibility index (Phi) is 3.88. The van der Waals surface area contributed by atoms with Crippen LogP contribution in [0.15, 0.2) is 24.3 Å². The number of halogens is 1. The first-order valence-electron chi connectivity index (χ1n) is 9.02. The van der Waals surface area contributed by atoms with Crippen molar-refractivity contribution in [3.63, 3.8) is 0 Å². The summed E-state index contributed by atoms with van der Waals surface area (Å²) >= 11 is 6.96. The van der Waals surface area contributed by atoms with Gasteiger partial charge in [0.25, 0.3) is 0 Å². The Bertz CT molecular complexity index is 626. The highest BCUT2D eigenvalue weighted by Crippen LogP contribution is 2.70. The van der Waals surface area contributed by atoms with Crippen LogP contribution in [0.1, 0.15) is 44.6 Å². The summed E-state index contributed by atoms with van der Waals surface area (Å²) in [5.41, 5.74) is 1.66. The van der Waals surface area contributed by atoms with Gasteiger partial charge in [-0.2, -0.15) is 0 Å². The zero-order valence-electron chi connectivity index (χ0n) is 14.8. The third-order valence-electron chi connectivity index (χ3n) is 7.36. The summed E-state index contributed by atoms with van der Waals surface area (Å²) in [6, 6.07) is 7.97. The topological polar surface area (TPSA) is 18.5 Å². The summed E-state index contributed by atoms with van der Waals surface area (Å²) in [6.07, 6.45) is 5.78. The Morgan fingerprint density at radius 3 is 2.25 bits per heavy atom. The molecule has 4 aliphatic rings.